The summed E-state index contributed by atoms with van der Waals surface area (Å²) in [4.78, 5) is 8.32. The van der Waals surface area contributed by atoms with Crippen molar-refractivity contribution in [3.63, 3.8) is 0 Å². The molecule has 0 bridgehead atoms. The van der Waals surface area contributed by atoms with Crippen molar-refractivity contribution in [2.75, 3.05) is 0 Å². The Labute approximate surface area is 150 Å². The predicted octanol–water partition coefficient (Wildman–Crippen LogP) is 3.97. The molecule has 0 aromatic carbocycles. The number of guanidine groups is 1. The van der Waals surface area contributed by atoms with Gasteiger partial charge in [-0.3, -0.25) is 0 Å². The fraction of sp³-hybridized carbons (Fsp3) is 0.600. The van der Waals surface area contributed by atoms with Crippen LogP contribution in [0.1, 0.15) is 45.6 Å². The number of halogens is 2. The maximum Gasteiger partial charge on any atom is 0.189 e. The molecule has 0 aliphatic rings. The van der Waals surface area contributed by atoms with Crippen LogP contribution in [0.2, 0.25) is 5.15 Å². The molecule has 1 unspecified atom stereocenters. The predicted molar refractivity (Wildman–Crippen MR) is 101 cm³/mol. The molecular weight excluding hydrogens is 399 g/mol. The SMILES string of the molecule is CC(C)CCCC(C)NC(N)=NCc1ccc(Cl)nc1.I. The van der Waals surface area contributed by atoms with Gasteiger partial charge in [-0.15, -0.1) is 24.0 Å². The number of nitrogens with one attached hydrogen (secondary N) is 1. The summed E-state index contributed by atoms with van der Waals surface area (Å²) in [5, 5.41) is 3.71. The Morgan fingerprint density at radius 1 is 1.33 bits per heavy atom. The van der Waals surface area contributed by atoms with Gasteiger partial charge in [0.1, 0.15) is 5.15 Å². The van der Waals surface area contributed by atoms with Crippen LogP contribution in [0.3, 0.4) is 0 Å². The van der Waals surface area contributed by atoms with Gasteiger partial charge in [0.25, 0.3) is 0 Å². The minimum atomic E-state index is 0. The second kappa shape index (κ2) is 11.1. The Balaban J connectivity index is 0.00000400. The molecule has 0 amide bonds. The van der Waals surface area contributed by atoms with Gasteiger partial charge in [-0.25, -0.2) is 9.98 Å². The number of hydrogen-bond donors (Lipinski definition) is 2. The van der Waals surface area contributed by atoms with E-state index in [1.165, 1.54) is 12.8 Å². The molecule has 3 N–H and O–H groups in total. The lowest BCUT2D eigenvalue weighted by Crippen LogP contribution is -2.38. The average Bonchev–Trinajstić information content (AvgIpc) is 2.37. The highest BCUT2D eigenvalue weighted by molar-refractivity contribution is 14.0. The van der Waals surface area contributed by atoms with Crippen LogP contribution in [0.5, 0.6) is 0 Å². The Kier molecular flexibility index (Phi) is 10.8. The number of hydrogen-bond acceptors (Lipinski definition) is 2. The normalized spacial score (nSPS) is 12.9. The van der Waals surface area contributed by atoms with Crippen LogP contribution < -0.4 is 11.1 Å². The van der Waals surface area contributed by atoms with Crippen molar-refractivity contribution in [3.8, 4) is 0 Å². The average molecular weight is 425 g/mol. The van der Waals surface area contributed by atoms with Gasteiger partial charge in [-0.1, -0.05) is 44.4 Å². The van der Waals surface area contributed by atoms with Crippen molar-refractivity contribution in [2.24, 2.45) is 16.6 Å². The van der Waals surface area contributed by atoms with Crippen LogP contribution in [-0.2, 0) is 6.54 Å². The Hall–Kier alpha value is -0.560. The Morgan fingerprint density at radius 2 is 2.05 bits per heavy atom. The number of pyridine rings is 1. The number of nitrogens with two attached hydrogens (primary N) is 1. The summed E-state index contributed by atoms with van der Waals surface area (Å²) in [6.45, 7) is 7.14. The summed E-state index contributed by atoms with van der Waals surface area (Å²) >= 11 is 5.73. The highest BCUT2D eigenvalue weighted by Crippen LogP contribution is 2.08. The third kappa shape index (κ3) is 9.90. The third-order valence-electron chi connectivity index (χ3n) is 3.03. The molecule has 4 nitrogen and oxygen atoms in total. The van der Waals surface area contributed by atoms with Gasteiger partial charge < -0.3 is 11.1 Å². The van der Waals surface area contributed by atoms with E-state index in [0.29, 0.717) is 23.7 Å². The topological polar surface area (TPSA) is 63.3 Å². The van der Waals surface area contributed by atoms with Crippen molar-refractivity contribution in [2.45, 2.75) is 52.6 Å². The van der Waals surface area contributed by atoms with E-state index in [-0.39, 0.29) is 24.0 Å². The maximum atomic E-state index is 5.88. The lowest BCUT2D eigenvalue weighted by molar-refractivity contribution is 0.493. The van der Waals surface area contributed by atoms with Crippen molar-refractivity contribution >= 4 is 41.5 Å². The molecule has 1 aromatic rings. The molecule has 0 spiro atoms. The molecule has 1 heterocycles. The van der Waals surface area contributed by atoms with Crippen LogP contribution >= 0.6 is 35.6 Å². The van der Waals surface area contributed by atoms with E-state index in [1.807, 2.05) is 6.07 Å². The number of aromatic nitrogens is 1. The van der Waals surface area contributed by atoms with Gasteiger partial charge in [0.15, 0.2) is 5.96 Å². The van der Waals surface area contributed by atoms with Gasteiger partial charge >= 0.3 is 0 Å². The summed E-state index contributed by atoms with van der Waals surface area (Å²) < 4.78 is 0. The zero-order valence-electron chi connectivity index (χ0n) is 13.0. The standard InChI is InChI=1S/C15H25ClN4.HI/c1-11(2)5-4-6-12(3)20-15(17)19-10-13-7-8-14(16)18-9-13;/h7-9,11-12H,4-6,10H2,1-3H3,(H3,17,19,20);1H. The first-order valence-electron chi connectivity index (χ1n) is 7.14. The molecule has 6 heteroatoms. The molecular formula is C15H26ClIN4. The molecule has 1 atom stereocenters. The van der Waals surface area contributed by atoms with Gasteiger partial charge in [0.05, 0.1) is 6.54 Å². The van der Waals surface area contributed by atoms with E-state index in [9.17, 15) is 0 Å². The van der Waals surface area contributed by atoms with E-state index in [1.54, 1.807) is 12.3 Å². The van der Waals surface area contributed by atoms with Gasteiger partial charge in [0.2, 0.25) is 0 Å². The van der Waals surface area contributed by atoms with E-state index in [0.717, 1.165) is 17.9 Å². The smallest absolute Gasteiger partial charge is 0.189 e. The highest BCUT2D eigenvalue weighted by Gasteiger charge is 2.03. The van der Waals surface area contributed by atoms with E-state index >= 15 is 0 Å². The number of aliphatic imine (C=N–C) groups is 1. The quantitative estimate of drug-likeness (QED) is 0.301. The zero-order valence-corrected chi connectivity index (χ0v) is 16.1. The molecule has 0 radical (unpaired) electrons. The molecule has 120 valence electrons. The highest BCUT2D eigenvalue weighted by atomic mass is 127. The Morgan fingerprint density at radius 3 is 2.62 bits per heavy atom. The number of nitrogens with zero attached hydrogens (tertiary/aromatic N) is 2. The first-order chi connectivity index (χ1) is 9.47. The molecule has 0 saturated carbocycles. The van der Waals surface area contributed by atoms with E-state index in [4.69, 9.17) is 17.3 Å². The third-order valence-corrected chi connectivity index (χ3v) is 3.26. The maximum absolute atomic E-state index is 5.88. The van der Waals surface area contributed by atoms with Crippen LogP contribution in [0.15, 0.2) is 23.3 Å². The monoisotopic (exact) mass is 424 g/mol. The van der Waals surface area contributed by atoms with Crippen LogP contribution in [0, 0.1) is 5.92 Å². The summed E-state index contributed by atoms with van der Waals surface area (Å²) in [6.07, 6.45) is 5.28. The van der Waals surface area contributed by atoms with Crippen LogP contribution in [0.25, 0.3) is 0 Å². The first kappa shape index (κ1) is 20.4. The summed E-state index contributed by atoms with van der Waals surface area (Å²) in [6, 6.07) is 4.00. The van der Waals surface area contributed by atoms with Crippen LogP contribution in [0.4, 0.5) is 0 Å². The van der Waals surface area contributed by atoms with Crippen molar-refractivity contribution in [1.29, 1.82) is 0 Å². The van der Waals surface area contributed by atoms with Gasteiger partial charge in [-0.2, -0.15) is 0 Å². The fourth-order valence-corrected chi connectivity index (χ4v) is 1.99. The van der Waals surface area contributed by atoms with Crippen molar-refractivity contribution in [3.05, 3.63) is 29.0 Å². The second-order valence-electron chi connectivity index (χ2n) is 5.56. The van der Waals surface area contributed by atoms with E-state index in [2.05, 4.69) is 36.1 Å². The molecule has 21 heavy (non-hydrogen) atoms. The second-order valence-corrected chi connectivity index (χ2v) is 5.95. The number of rotatable bonds is 7. The lowest BCUT2D eigenvalue weighted by Gasteiger charge is -2.15. The largest absolute Gasteiger partial charge is 0.370 e. The summed E-state index contributed by atoms with van der Waals surface area (Å²) in [5.74, 6) is 1.24. The Bertz CT molecular complexity index is 420. The fourth-order valence-electron chi connectivity index (χ4n) is 1.88. The summed E-state index contributed by atoms with van der Waals surface area (Å²) in [7, 11) is 0. The van der Waals surface area contributed by atoms with Gasteiger partial charge in [-0.05, 0) is 30.9 Å². The zero-order chi connectivity index (χ0) is 15.0. The van der Waals surface area contributed by atoms with Crippen molar-refractivity contribution in [1.82, 2.24) is 10.3 Å². The van der Waals surface area contributed by atoms with Crippen molar-refractivity contribution < 1.29 is 0 Å². The molecule has 0 fully saturated rings. The minimum Gasteiger partial charge on any atom is -0.370 e. The van der Waals surface area contributed by atoms with E-state index < -0.39 is 0 Å². The summed E-state index contributed by atoms with van der Waals surface area (Å²) in [5.41, 5.74) is 6.87. The van der Waals surface area contributed by atoms with Crippen LogP contribution in [-0.4, -0.2) is 17.0 Å². The molecule has 0 aliphatic heterocycles. The molecule has 1 rings (SSSR count). The first-order valence-corrected chi connectivity index (χ1v) is 7.52. The van der Waals surface area contributed by atoms with Gasteiger partial charge in [0, 0.05) is 12.2 Å². The molecule has 1 aromatic heterocycles. The molecule has 0 aliphatic carbocycles. The minimum absolute atomic E-state index is 0. The lowest BCUT2D eigenvalue weighted by atomic mass is 10.0. The molecule has 0 saturated heterocycles.